The number of hydrogen-bond acceptors (Lipinski definition) is 3. The average Bonchev–Trinajstić information content (AvgIpc) is 3.09. The van der Waals surface area contributed by atoms with Gasteiger partial charge >= 0.3 is 0 Å². The van der Waals surface area contributed by atoms with Crippen molar-refractivity contribution in [1.29, 1.82) is 0 Å². The zero-order valence-corrected chi connectivity index (χ0v) is 14.6. The number of rotatable bonds is 8. The Morgan fingerprint density at radius 2 is 1.83 bits per heavy atom. The maximum absolute atomic E-state index is 5.83. The lowest BCUT2D eigenvalue weighted by molar-refractivity contribution is 0.260. The largest absolute Gasteiger partial charge is 0.489 e. The molecule has 1 fully saturated rings. The number of hydrogen-bond donors (Lipinski definition) is 1. The molecular weight excluding hydrogens is 296 g/mol. The lowest BCUT2D eigenvalue weighted by Gasteiger charge is -2.23. The molecule has 128 valence electrons. The zero-order chi connectivity index (χ0) is 16.6. The molecule has 0 unspecified atom stereocenters. The summed E-state index contributed by atoms with van der Waals surface area (Å²) in [6, 6.07) is 19.4. The van der Waals surface area contributed by atoms with Gasteiger partial charge in [0, 0.05) is 19.1 Å². The van der Waals surface area contributed by atoms with E-state index in [9.17, 15) is 0 Å². The van der Waals surface area contributed by atoms with Crippen LogP contribution in [0.25, 0.3) is 0 Å². The third kappa shape index (κ3) is 4.83. The van der Waals surface area contributed by atoms with Gasteiger partial charge in [0.25, 0.3) is 0 Å². The molecule has 0 saturated carbocycles. The quantitative estimate of drug-likeness (QED) is 0.798. The predicted molar refractivity (Wildman–Crippen MR) is 99.2 cm³/mol. The molecule has 1 aliphatic rings. The Balaban J connectivity index is 1.41. The highest BCUT2D eigenvalue weighted by molar-refractivity contribution is 5.27. The SMILES string of the molecule is CCN1CCC[C@@H]1CNCc1ccc(OCc2ccccc2)cc1. The van der Waals surface area contributed by atoms with E-state index in [1.807, 2.05) is 18.2 Å². The second-order valence-corrected chi connectivity index (χ2v) is 6.47. The summed E-state index contributed by atoms with van der Waals surface area (Å²) in [5.74, 6) is 0.926. The normalized spacial score (nSPS) is 18.0. The molecule has 0 radical (unpaired) electrons. The van der Waals surface area contributed by atoms with Crippen LogP contribution in [0.5, 0.6) is 5.75 Å². The maximum Gasteiger partial charge on any atom is 0.119 e. The summed E-state index contributed by atoms with van der Waals surface area (Å²) in [5, 5.41) is 3.60. The first kappa shape index (κ1) is 17.0. The van der Waals surface area contributed by atoms with Crippen LogP contribution >= 0.6 is 0 Å². The highest BCUT2D eigenvalue weighted by Gasteiger charge is 2.21. The van der Waals surface area contributed by atoms with Crippen LogP contribution in [0.15, 0.2) is 54.6 Å². The number of ether oxygens (including phenoxy) is 1. The van der Waals surface area contributed by atoms with E-state index in [1.165, 1.54) is 37.1 Å². The van der Waals surface area contributed by atoms with Gasteiger partial charge < -0.3 is 10.1 Å². The first-order valence-corrected chi connectivity index (χ1v) is 9.05. The number of likely N-dealkylation sites (tertiary alicyclic amines) is 1. The Kier molecular flexibility index (Phi) is 6.27. The molecule has 3 nitrogen and oxygen atoms in total. The van der Waals surface area contributed by atoms with Crippen molar-refractivity contribution in [2.45, 2.75) is 39.0 Å². The second-order valence-electron chi connectivity index (χ2n) is 6.47. The van der Waals surface area contributed by atoms with Gasteiger partial charge in [0.2, 0.25) is 0 Å². The van der Waals surface area contributed by atoms with Gasteiger partial charge in [-0.1, -0.05) is 49.4 Å². The Bertz CT molecular complexity index is 597. The van der Waals surface area contributed by atoms with E-state index in [1.54, 1.807) is 0 Å². The summed E-state index contributed by atoms with van der Waals surface area (Å²) < 4.78 is 5.83. The van der Waals surface area contributed by atoms with Gasteiger partial charge in [-0.05, 0) is 49.2 Å². The molecule has 2 aromatic rings. The predicted octanol–water partition coefficient (Wildman–Crippen LogP) is 3.84. The van der Waals surface area contributed by atoms with Gasteiger partial charge in [-0.2, -0.15) is 0 Å². The molecule has 3 rings (SSSR count). The van der Waals surface area contributed by atoms with Crippen LogP contribution in [-0.2, 0) is 13.2 Å². The van der Waals surface area contributed by atoms with E-state index in [-0.39, 0.29) is 0 Å². The van der Waals surface area contributed by atoms with Gasteiger partial charge in [0.05, 0.1) is 0 Å². The maximum atomic E-state index is 5.83. The van der Waals surface area contributed by atoms with Gasteiger partial charge in [0.15, 0.2) is 0 Å². The molecule has 24 heavy (non-hydrogen) atoms. The second kappa shape index (κ2) is 8.86. The summed E-state index contributed by atoms with van der Waals surface area (Å²) in [7, 11) is 0. The van der Waals surface area contributed by atoms with Crippen molar-refractivity contribution in [2.24, 2.45) is 0 Å². The van der Waals surface area contributed by atoms with E-state index in [4.69, 9.17) is 4.74 Å². The van der Waals surface area contributed by atoms with E-state index in [0.29, 0.717) is 12.6 Å². The smallest absolute Gasteiger partial charge is 0.119 e. The van der Waals surface area contributed by atoms with Gasteiger partial charge in [-0.25, -0.2) is 0 Å². The summed E-state index contributed by atoms with van der Waals surface area (Å²) >= 11 is 0. The van der Waals surface area contributed by atoms with Gasteiger partial charge in [-0.3, -0.25) is 4.90 Å². The van der Waals surface area contributed by atoms with Crippen LogP contribution < -0.4 is 10.1 Å². The molecule has 0 amide bonds. The van der Waals surface area contributed by atoms with Crippen LogP contribution in [0.2, 0.25) is 0 Å². The Hall–Kier alpha value is -1.84. The van der Waals surface area contributed by atoms with Crippen molar-refractivity contribution in [1.82, 2.24) is 10.2 Å². The highest BCUT2D eigenvalue weighted by atomic mass is 16.5. The number of nitrogens with zero attached hydrogens (tertiary/aromatic N) is 1. The van der Waals surface area contributed by atoms with Crippen molar-refractivity contribution in [3.63, 3.8) is 0 Å². The van der Waals surface area contributed by atoms with Crippen LogP contribution in [0.1, 0.15) is 30.9 Å². The molecular formula is C21H28N2O. The fourth-order valence-electron chi connectivity index (χ4n) is 3.37. The van der Waals surface area contributed by atoms with Gasteiger partial charge in [0.1, 0.15) is 12.4 Å². The summed E-state index contributed by atoms with van der Waals surface area (Å²) in [5.41, 5.74) is 2.50. The van der Waals surface area contributed by atoms with E-state index < -0.39 is 0 Å². The van der Waals surface area contributed by atoms with Crippen molar-refractivity contribution < 1.29 is 4.74 Å². The fourth-order valence-corrected chi connectivity index (χ4v) is 3.37. The highest BCUT2D eigenvalue weighted by Crippen LogP contribution is 2.17. The van der Waals surface area contributed by atoms with Crippen molar-refractivity contribution in [3.8, 4) is 5.75 Å². The molecule has 1 N–H and O–H groups in total. The topological polar surface area (TPSA) is 24.5 Å². The average molecular weight is 324 g/mol. The molecule has 1 heterocycles. The Morgan fingerprint density at radius 1 is 1.04 bits per heavy atom. The van der Waals surface area contributed by atoms with Crippen molar-refractivity contribution >= 4 is 0 Å². The van der Waals surface area contributed by atoms with Crippen LogP contribution in [-0.4, -0.2) is 30.6 Å². The first-order chi connectivity index (χ1) is 11.8. The number of nitrogens with one attached hydrogen (secondary N) is 1. The summed E-state index contributed by atoms with van der Waals surface area (Å²) in [6.07, 6.45) is 2.67. The van der Waals surface area contributed by atoms with E-state index >= 15 is 0 Å². The first-order valence-electron chi connectivity index (χ1n) is 9.05. The van der Waals surface area contributed by atoms with E-state index in [2.05, 4.69) is 53.5 Å². The minimum atomic E-state index is 0.618. The minimum Gasteiger partial charge on any atom is -0.489 e. The van der Waals surface area contributed by atoms with Crippen LogP contribution in [0, 0.1) is 0 Å². The standard InChI is InChI=1S/C21H28N2O/c1-2-23-14-6-9-20(23)16-22-15-18-10-12-21(13-11-18)24-17-19-7-4-3-5-8-19/h3-5,7-8,10-13,20,22H,2,6,9,14-17H2,1H3/t20-/m1/s1. The third-order valence-corrected chi connectivity index (χ3v) is 4.79. The molecule has 0 spiro atoms. The van der Waals surface area contributed by atoms with E-state index in [0.717, 1.165) is 18.8 Å². The van der Waals surface area contributed by atoms with Crippen LogP contribution in [0.4, 0.5) is 0 Å². The molecule has 1 atom stereocenters. The monoisotopic (exact) mass is 324 g/mol. The molecule has 3 heteroatoms. The summed E-state index contributed by atoms with van der Waals surface area (Å²) in [6.45, 7) is 7.31. The molecule has 0 aliphatic carbocycles. The molecule has 2 aromatic carbocycles. The molecule has 0 bridgehead atoms. The molecule has 1 aliphatic heterocycles. The van der Waals surface area contributed by atoms with Crippen molar-refractivity contribution in [3.05, 3.63) is 65.7 Å². The van der Waals surface area contributed by atoms with Crippen LogP contribution in [0.3, 0.4) is 0 Å². The number of benzene rings is 2. The Morgan fingerprint density at radius 3 is 2.58 bits per heavy atom. The Labute approximate surface area is 145 Å². The summed E-state index contributed by atoms with van der Waals surface area (Å²) in [4.78, 5) is 2.58. The van der Waals surface area contributed by atoms with Gasteiger partial charge in [-0.15, -0.1) is 0 Å². The fraction of sp³-hybridized carbons (Fsp3) is 0.429. The molecule has 1 saturated heterocycles. The number of likely N-dealkylation sites (N-methyl/N-ethyl adjacent to an activating group) is 1. The lowest BCUT2D eigenvalue weighted by atomic mass is 10.2. The third-order valence-electron chi connectivity index (χ3n) is 4.79. The zero-order valence-electron chi connectivity index (χ0n) is 14.6. The minimum absolute atomic E-state index is 0.618. The molecule has 0 aromatic heterocycles. The van der Waals surface area contributed by atoms with Crippen molar-refractivity contribution in [2.75, 3.05) is 19.6 Å². The lowest BCUT2D eigenvalue weighted by Crippen LogP contribution is -2.37.